The molecule has 0 bridgehead atoms. The Bertz CT molecular complexity index is 695. The fourth-order valence-corrected chi connectivity index (χ4v) is 3.94. The Hall–Kier alpha value is -1.72. The molecule has 1 aliphatic heterocycles. The minimum atomic E-state index is -0.307. The molecule has 0 spiro atoms. The summed E-state index contributed by atoms with van der Waals surface area (Å²) in [4.78, 5) is 3.20. The van der Waals surface area contributed by atoms with Crippen LogP contribution in [0.3, 0.4) is 0 Å². The van der Waals surface area contributed by atoms with Crippen LogP contribution in [0.4, 0.5) is 15.8 Å². The molecule has 0 fully saturated rings. The highest BCUT2D eigenvalue weighted by atomic mass is 32.2. The predicted molar refractivity (Wildman–Crippen MR) is 96.9 cm³/mol. The average Bonchev–Trinajstić information content (AvgIpc) is 2.92. The molecule has 0 saturated carbocycles. The van der Waals surface area contributed by atoms with Gasteiger partial charge in [-0.15, -0.1) is 0 Å². The van der Waals surface area contributed by atoms with E-state index in [0.717, 1.165) is 12.1 Å². The lowest BCUT2D eigenvalue weighted by Gasteiger charge is -2.25. The Labute approximate surface area is 146 Å². The van der Waals surface area contributed by atoms with Crippen LogP contribution in [0.15, 0.2) is 47.4 Å². The molecule has 2 aromatic carbocycles. The number of fused-ring (bicyclic) bond motifs is 1. The quantitative estimate of drug-likeness (QED) is 0.640. The minimum Gasteiger partial charge on any atom is -0.490 e. The Morgan fingerprint density at radius 2 is 1.88 bits per heavy atom. The van der Waals surface area contributed by atoms with Gasteiger partial charge in [0.15, 0.2) is 11.6 Å². The smallest absolute Gasteiger partial charge is 0.188 e. The number of para-hydroxylation sites is 1. The molecule has 3 nitrogen and oxygen atoms in total. The summed E-state index contributed by atoms with van der Waals surface area (Å²) in [6.45, 7) is 5.80. The van der Waals surface area contributed by atoms with Gasteiger partial charge in [-0.1, -0.05) is 30.0 Å². The van der Waals surface area contributed by atoms with Gasteiger partial charge in [-0.25, -0.2) is 4.39 Å². The number of thioether (sulfide) groups is 1. The molecule has 0 saturated heterocycles. The normalized spacial score (nSPS) is 16.3. The monoisotopic (exact) mass is 347 g/mol. The molecule has 2 aromatic rings. The van der Waals surface area contributed by atoms with Gasteiger partial charge < -0.3 is 14.4 Å². The number of nitrogens with zero attached hydrogens (tertiary/aromatic N) is 1. The van der Waals surface area contributed by atoms with E-state index in [4.69, 9.17) is 9.47 Å². The lowest BCUT2D eigenvalue weighted by molar-refractivity contribution is 0.130. The molecule has 5 heteroatoms. The summed E-state index contributed by atoms with van der Waals surface area (Å²) in [5.41, 5.74) is 1.60. The average molecular weight is 347 g/mol. The summed E-state index contributed by atoms with van der Waals surface area (Å²) in [6, 6.07) is 13.4. The Morgan fingerprint density at radius 3 is 2.71 bits per heavy atom. The van der Waals surface area contributed by atoms with Crippen LogP contribution in [-0.2, 0) is 4.74 Å². The van der Waals surface area contributed by atoms with Crippen LogP contribution in [0.5, 0.6) is 5.75 Å². The molecule has 0 N–H and O–H groups in total. The van der Waals surface area contributed by atoms with Crippen molar-refractivity contribution in [2.45, 2.75) is 30.5 Å². The van der Waals surface area contributed by atoms with E-state index in [2.05, 4.69) is 13.0 Å². The molecule has 0 aromatic heterocycles. The number of benzene rings is 2. The van der Waals surface area contributed by atoms with E-state index in [1.54, 1.807) is 17.8 Å². The Morgan fingerprint density at radius 1 is 1.08 bits per heavy atom. The Kier molecular flexibility index (Phi) is 5.63. The van der Waals surface area contributed by atoms with Gasteiger partial charge in [0.05, 0.1) is 23.4 Å². The summed E-state index contributed by atoms with van der Waals surface area (Å²) in [5.74, 6) is -0.0105. The first-order valence-corrected chi connectivity index (χ1v) is 9.14. The lowest BCUT2D eigenvalue weighted by Crippen LogP contribution is -2.22. The minimum absolute atomic E-state index is 0.144. The van der Waals surface area contributed by atoms with Crippen molar-refractivity contribution in [3.63, 3.8) is 0 Å². The van der Waals surface area contributed by atoms with Crippen molar-refractivity contribution in [3.05, 3.63) is 48.3 Å². The molecule has 1 aliphatic rings. The fraction of sp³-hybridized carbons (Fsp3) is 0.368. The van der Waals surface area contributed by atoms with Crippen LogP contribution in [-0.4, -0.2) is 25.2 Å². The molecule has 1 heterocycles. The molecular weight excluding hydrogens is 325 g/mol. The third kappa shape index (κ3) is 3.52. The number of anilines is 2. The van der Waals surface area contributed by atoms with Gasteiger partial charge in [-0.2, -0.15) is 0 Å². The van der Waals surface area contributed by atoms with Crippen molar-refractivity contribution in [1.29, 1.82) is 0 Å². The van der Waals surface area contributed by atoms with Gasteiger partial charge in [-0.3, -0.25) is 0 Å². The molecule has 0 radical (unpaired) electrons. The van der Waals surface area contributed by atoms with E-state index in [0.29, 0.717) is 31.3 Å². The lowest BCUT2D eigenvalue weighted by atomic mass is 10.2. The highest BCUT2D eigenvalue weighted by Gasteiger charge is 2.30. The maximum atomic E-state index is 15.0. The van der Waals surface area contributed by atoms with E-state index in [9.17, 15) is 4.39 Å². The summed E-state index contributed by atoms with van der Waals surface area (Å²) >= 11 is 1.74. The van der Waals surface area contributed by atoms with Gasteiger partial charge >= 0.3 is 0 Å². The van der Waals surface area contributed by atoms with E-state index in [1.165, 1.54) is 4.90 Å². The van der Waals surface area contributed by atoms with E-state index in [-0.39, 0.29) is 11.2 Å². The second-order valence-electron chi connectivity index (χ2n) is 5.54. The maximum Gasteiger partial charge on any atom is 0.188 e. The van der Waals surface area contributed by atoms with Crippen molar-refractivity contribution < 1.29 is 13.9 Å². The second kappa shape index (κ2) is 7.90. The molecule has 128 valence electrons. The van der Waals surface area contributed by atoms with Crippen LogP contribution in [0, 0.1) is 5.82 Å². The highest BCUT2D eigenvalue weighted by Crippen LogP contribution is 2.48. The van der Waals surface area contributed by atoms with Crippen molar-refractivity contribution in [1.82, 2.24) is 0 Å². The van der Waals surface area contributed by atoms with Crippen LogP contribution in [0.25, 0.3) is 0 Å². The number of halogens is 1. The molecule has 1 unspecified atom stereocenters. The summed E-state index contributed by atoms with van der Waals surface area (Å²) in [6.07, 6.45) is 0.746. The molecule has 24 heavy (non-hydrogen) atoms. The van der Waals surface area contributed by atoms with Crippen molar-refractivity contribution >= 4 is 23.1 Å². The first kappa shape index (κ1) is 17.1. The van der Waals surface area contributed by atoms with Crippen molar-refractivity contribution in [2.75, 3.05) is 24.7 Å². The van der Waals surface area contributed by atoms with Crippen LogP contribution in [0.2, 0.25) is 0 Å². The third-order valence-corrected chi connectivity index (χ3v) is 5.03. The van der Waals surface area contributed by atoms with Crippen LogP contribution in [0.1, 0.15) is 20.3 Å². The maximum absolute atomic E-state index is 15.0. The van der Waals surface area contributed by atoms with Gasteiger partial charge in [0.2, 0.25) is 0 Å². The second-order valence-corrected chi connectivity index (χ2v) is 6.90. The standard InChI is InChI=1S/C19H22FNO2S/c1-3-22-12-7-13-23-17-10-6-9-16(19(17)20)21-14(2)24-18-11-5-4-8-15(18)21/h4-6,8-11,14H,3,7,12-13H2,1-2H3. The van der Waals surface area contributed by atoms with Crippen molar-refractivity contribution in [3.8, 4) is 5.75 Å². The molecule has 0 aliphatic carbocycles. The summed E-state index contributed by atoms with van der Waals surface area (Å²) in [7, 11) is 0. The summed E-state index contributed by atoms with van der Waals surface area (Å²) in [5, 5.41) is 0.144. The predicted octanol–water partition coefficient (Wildman–Crippen LogP) is 5.22. The van der Waals surface area contributed by atoms with Crippen LogP contribution < -0.4 is 9.64 Å². The number of hydrogen-bond donors (Lipinski definition) is 0. The molecule has 1 atom stereocenters. The first-order valence-electron chi connectivity index (χ1n) is 8.26. The largest absolute Gasteiger partial charge is 0.490 e. The van der Waals surface area contributed by atoms with Crippen LogP contribution >= 0.6 is 11.8 Å². The molecule has 0 amide bonds. The molecular formula is C19H22FNO2S. The van der Waals surface area contributed by atoms with Gasteiger partial charge in [0.25, 0.3) is 0 Å². The number of rotatable bonds is 7. The third-order valence-electron chi connectivity index (χ3n) is 3.88. The zero-order valence-corrected chi connectivity index (χ0v) is 14.8. The number of ether oxygens (including phenoxy) is 2. The van der Waals surface area contributed by atoms with Gasteiger partial charge in [0.1, 0.15) is 0 Å². The van der Waals surface area contributed by atoms with Gasteiger partial charge in [-0.05, 0) is 38.1 Å². The summed E-state index contributed by atoms with van der Waals surface area (Å²) < 4.78 is 25.9. The van der Waals surface area contributed by atoms with E-state index in [1.807, 2.05) is 42.2 Å². The highest BCUT2D eigenvalue weighted by molar-refractivity contribution is 8.00. The topological polar surface area (TPSA) is 21.7 Å². The zero-order valence-electron chi connectivity index (χ0n) is 14.0. The first-order chi connectivity index (χ1) is 11.7. The van der Waals surface area contributed by atoms with Gasteiger partial charge in [0, 0.05) is 24.5 Å². The van der Waals surface area contributed by atoms with E-state index >= 15 is 0 Å². The van der Waals surface area contributed by atoms with Crippen molar-refractivity contribution in [2.24, 2.45) is 0 Å². The molecule has 3 rings (SSSR count). The Balaban J connectivity index is 1.78. The fourth-order valence-electron chi connectivity index (χ4n) is 2.80. The van der Waals surface area contributed by atoms with E-state index < -0.39 is 0 Å². The zero-order chi connectivity index (χ0) is 16.9. The SMILES string of the molecule is CCOCCCOc1cccc(N2c3ccccc3SC2C)c1F. The number of hydrogen-bond acceptors (Lipinski definition) is 4.